The zero-order chi connectivity index (χ0) is 11.2. The molecule has 1 nitrogen and oxygen atoms in total. The van der Waals surface area contributed by atoms with Gasteiger partial charge in [-0.25, -0.2) is 0 Å². The monoisotopic (exact) mass is 334 g/mol. The number of hydrogen-bond donors (Lipinski definition) is 0. The number of ether oxygens (including phenoxy) is 1. The quantitative estimate of drug-likeness (QED) is 0.611. The van der Waals surface area contributed by atoms with E-state index in [0.717, 1.165) is 3.97 Å². The molecular formula is C14H20OTe. The van der Waals surface area contributed by atoms with Gasteiger partial charge in [0.1, 0.15) is 0 Å². The van der Waals surface area contributed by atoms with Crippen molar-refractivity contribution < 1.29 is 4.74 Å². The fourth-order valence-electron chi connectivity index (χ4n) is 2.32. The Hall–Kier alpha value is -0.0304. The van der Waals surface area contributed by atoms with Crippen molar-refractivity contribution in [3.63, 3.8) is 0 Å². The van der Waals surface area contributed by atoms with Crippen LogP contribution in [-0.4, -0.2) is 34.1 Å². The van der Waals surface area contributed by atoms with Crippen molar-refractivity contribution in [2.75, 3.05) is 7.11 Å². The third-order valence-electron chi connectivity index (χ3n) is 3.23. The first-order chi connectivity index (χ1) is 7.90. The molecule has 2 heteroatoms. The Morgan fingerprint density at radius 3 is 2.56 bits per heavy atom. The zero-order valence-corrected chi connectivity index (χ0v) is 12.2. The van der Waals surface area contributed by atoms with E-state index in [1.165, 1.54) is 32.1 Å². The first kappa shape index (κ1) is 12.4. The third kappa shape index (κ3) is 3.48. The molecular weight excluding hydrogens is 312 g/mol. The molecule has 0 bridgehead atoms. The van der Waals surface area contributed by atoms with Gasteiger partial charge in [0.2, 0.25) is 0 Å². The fourth-order valence-corrected chi connectivity index (χ4v) is 6.16. The van der Waals surface area contributed by atoms with E-state index in [1.54, 1.807) is 3.61 Å². The number of benzene rings is 1. The number of rotatable bonds is 3. The van der Waals surface area contributed by atoms with E-state index in [-0.39, 0.29) is 20.9 Å². The average Bonchev–Trinajstić information content (AvgIpc) is 2.55. The standard InChI is InChI=1S/C14H20OTe/c1-15-13-10-6-3-7-11-14(13)16-12-8-4-2-5-9-12/h2,4-5,8-9,13-14H,3,6-7,10-11H2,1H3. The molecule has 1 fully saturated rings. The summed E-state index contributed by atoms with van der Waals surface area (Å²) < 4.78 is 8.12. The Kier molecular flexibility index (Phi) is 5.16. The van der Waals surface area contributed by atoms with Crippen LogP contribution in [0.5, 0.6) is 0 Å². The van der Waals surface area contributed by atoms with Crippen LogP contribution >= 0.6 is 0 Å². The summed E-state index contributed by atoms with van der Waals surface area (Å²) in [5, 5.41) is 0. The van der Waals surface area contributed by atoms with Crippen molar-refractivity contribution >= 4 is 24.5 Å². The molecule has 0 N–H and O–H groups in total. The van der Waals surface area contributed by atoms with E-state index in [2.05, 4.69) is 30.3 Å². The van der Waals surface area contributed by atoms with Crippen molar-refractivity contribution in [3.8, 4) is 0 Å². The van der Waals surface area contributed by atoms with Gasteiger partial charge in [-0.2, -0.15) is 0 Å². The molecule has 1 aliphatic carbocycles. The molecule has 16 heavy (non-hydrogen) atoms. The minimum absolute atomic E-state index is 0.0769. The van der Waals surface area contributed by atoms with E-state index >= 15 is 0 Å². The maximum absolute atomic E-state index is 5.69. The molecule has 0 spiro atoms. The molecule has 88 valence electrons. The van der Waals surface area contributed by atoms with Gasteiger partial charge in [-0.1, -0.05) is 0 Å². The van der Waals surface area contributed by atoms with Gasteiger partial charge in [-0.05, 0) is 0 Å². The Bertz CT molecular complexity index is 299. The van der Waals surface area contributed by atoms with Gasteiger partial charge in [0.05, 0.1) is 0 Å². The number of hydrogen-bond acceptors (Lipinski definition) is 1. The second-order valence-electron chi connectivity index (χ2n) is 4.38. The average molecular weight is 332 g/mol. The molecule has 1 aromatic rings. The van der Waals surface area contributed by atoms with E-state index in [0.29, 0.717) is 6.10 Å². The Labute approximate surface area is 109 Å². The molecule has 1 aromatic carbocycles. The van der Waals surface area contributed by atoms with Crippen molar-refractivity contribution in [3.05, 3.63) is 30.3 Å². The van der Waals surface area contributed by atoms with Gasteiger partial charge in [0.15, 0.2) is 0 Å². The summed E-state index contributed by atoms with van der Waals surface area (Å²) in [5.74, 6) is 0. The first-order valence-corrected chi connectivity index (χ1v) is 8.65. The maximum atomic E-state index is 5.69. The van der Waals surface area contributed by atoms with Crippen LogP contribution in [0, 0.1) is 0 Å². The molecule has 2 unspecified atom stereocenters. The van der Waals surface area contributed by atoms with E-state index in [1.807, 2.05) is 7.11 Å². The molecule has 0 amide bonds. The van der Waals surface area contributed by atoms with Gasteiger partial charge < -0.3 is 0 Å². The summed E-state index contributed by atoms with van der Waals surface area (Å²) in [4.78, 5) is 0. The van der Waals surface area contributed by atoms with Crippen LogP contribution in [0.4, 0.5) is 0 Å². The molecule has 1 aliphatic rings. The van der Waals surface area contributed by atoms with Crippen LogP contribution in [0.25, 0.3) is 0 Å². The summed E-state index contributed by atoms with van der Waals surface area (Å²) in [6.07, 6.45) is 7.36. The van der Waals surface area contributed by atoms with Gasteiger partial charge >= 0.3 is 109 Å². The van der Waals surface area contributed by atoms with Crippen molar-refractivity contribution in [1.29, 1.82) is 0 Å². The van der Waals surface area contributed by atoms with Gasteiger partial charge in [0.25, 0.3) is 0 Å². The molecule has 2 rings (SSSR count). The molecule has 0 saturated heterocycles. The second-order valence-corrected chi connectivity index (χ2v) is 8.13. The first-order valence-electron chi connectivity index (χ1n) is 6.14. The predicted octanol–water partition coefficient (Wildman–Crippen LogP) is 2.78. The summed E-state index contributed by atoms with van der Waals surface area (Å²) in [5.41, 5.74) is 0. The van der Waals surface area contributed by atoms with Crippen LogP contribution < -0.4 is 3.61 Å². The van der Waals surface area contributed by atoms with Crippen LogP contribution in [0.1, 0.15) is 32.1 Å². The minimum atomic E-state index is -0.0769. The second kappa shape index (κ2) is 6.64. The Morgan fingerprint density at radius 1 is 1.06 bits per heavy atom. The topological polar surface area (TPSA) is 9.23 Å². The van der Waals surface area contributed by atoms with Crippen molar-refractivity contribution in [1.82, 2.24) is 0 Å². The summed E-state index contributed by atoms with van der Waals surface area (Å²) in [6, 6.07) is 11.0. The Morgan fingerprint density at radius 2 is 1.81 bits per heavy atom. The predicted molar refractivity (Wildman–Crippen MR) is 69.5 cm³/mol. The van der Waals surface area contributed by atoms with Gasteiger partial charge in [-0.15, -0.1) is 0 Å². The fraction of sp³-hybridized carbons (Fsp3) is 0.571. The molecule has 0 aliphatic heterocycles. The van der Waals surface area contributed by atoms with E-state index in [9.17, 15) is 0 Å². The number of methoxy groups -OCH3 is 1. The van der Waals surface area contributed by atoms with Crippen LogP contribution in [0.2, 0.25) is 3.97 Å². The van der Waals surface area contributed by atoms with Crippen LogP contribution in [0.3, 0.4) is 0 Å². The van der Waals surface area contributed by atoms with Crippen LogP contribution in [0.15, 0.2) is 30.3 Å². The summed E-state index contributed by atoms with van der Waals surface area (Å²) in [7, 11) is 1.89. The SMILES string of the molecule is COC1CCCCCC1[Te]c1ccccc1. The summed E-state index contributed by atoms with van der Waals surface area (Å²) in [6.45, 7) is 0. The van der Waals surface area contributed by atoms with Crippen molar-refractivity contribution in [2.24, 2.45) is 0 Å². The molecule has 0 radical (unpaired) electrons. The molecule has 0 heterocycles. The van der Waals surface area contributed by atoms with Gasteiger partial charge in [-0.3, -0.25) is 0 Å². The van der Waals surface area contributed by atoms with Crippen LogP contribution in [-0.2, 0) is 4.74 Å². The molecule has 0 aromatic heterocycles. The third-order valence-corrected chi connectivity index (χ3v) is 7.18. The molecule has 2 atom stereocenters. The van der Waals surface area contributed by atoms with Crippen molar-refractivity contribution in [2.45, 2.75) is 42.2 Å². The zero-order valence-electron chi connectivity index (χ0n) is 9.89. The van der Waals surface area contributed by atoms with Gasteiger partial charge in [0, 0.05) is 0 Å². The Balaban J connectivity index is 2.00. The van der Waals surface area contributed by atoms with E-state index < -0.39 is 0 Å². The molecule has 1 saturated carbocycles. The normalized spacial score (nSPS) is 26.3. The summed E-state index contributed by atoms with van der Waals surface area (Å²) >= 11 is -0.0769. The van der Waals surface area contributed by atoms with E-state index in [4.69, 9.17) is 4.74 Å².